The quantitative estimate of drug-likeness (QED) is 0.836. The SMILES string of the molecule is CC1CCN(Cc2ccc(Br)cc2N)C1. The van der Waals surface area contributed by atoms with E-state index in [1.54, 1.807) is 0 Å². The predicted octanol–water partition coefficient (Wildman–Crippen LogP) is 2.87. The van der Waals surface area contributed by atoms with Gasteiger partial charge in [0.25, 0.3) is 0 Å². The van der Waals surface area contributed by atoms with E-state index < -0.39 is 0 Å². The van der Waals surface area contributed by atoms with Crippen molar-refractivity contribution in [2.75, 3.05) is 18.8 Å². The third-order valence-electron chi connectivity index (χ3n) is 3.01. The topological polar surface area (TPSA) is 29.3 Å². The molecule has 82 valence electrons. The van der Waals surface area contributed by atoms with Gasteiger partial charge in [-0.25, -0.2) is 0 Å². The highest BCUT2D eigenvalue weighted by Crippen LogP contribution is 2.23. The molecule has 1 unspecified atom stereocenters. The molecule has 2 rings (SSSR count). The molecule has 3 heteroatoms. The Hall–Kier alpha value is -0.540. The second kappa shape index (κ2) is 4.54. The molecule has 0 aromatic heterocycles. The van der Waals surface area contributed by atoms with Crippen molar-refractivity contribution in [1.82, 2.24) is 4.90 Å². The average molecular weight is 269 g/mol. The number of nitrogens with zero attached hydrogens (tertiary/aromatic N) is 1. The minimum atomic E-state index is 0.835. The zero-order valence-electron chi connectivity index (χ0n) is 9.04. The molecule has 0 amide bonds. The van der Waals surface area contributed by atoms with Gasteiger partial charge in [-0.05, 0) is 36.6 Å². The van der Waals surface area contributed by atoms with Crippen LogP contribution in [0.2, 0.25) is 0 Å². The van der Waals surface area contributed by atoms with E-state index in [1.807, 2.05) is 6.07 Å². The molecule has 1 heterocycles. The first kappa shape index (κ1) is 11.0. The summed E-state index contributed by atoms with van der Waals surface area (Å²) in [5.41, 5.74) is 8.11. The third-order valence-corrected chi connectivity index (χ3v) is 3.50. The molecular weight excluding hydrogens is 252 g/mol. The van der Waals surface area contributed by atoms with Gasteiger partial charge in [0.15, 0.2) is 0 Å². The smallest absolute Gasteiger partial charge is 0.0371 e. The number of benzene rings is 1. The fourth-order valence-corrected chi connectivity index (χ4v) is 2.50. The van der Waals surface area contributed by atoms with Crippen LogP contribution in [0.25, 0.3) is 0 Å². The highest BCUT2D eigenvalue weighted by molar-refractivity contribution is 9.10. The van der Waals surface area contributed by atoms with Crippen LogP contribution in [0.15, 0.2) is 22.7 Å². The van der Waals surface area contributed by atoms with Gasteiger partial charge in [-0.2, -0.15) is 0 Å². The van der Waals surface area contributed by atoms with Gasteiger partial charge in [-0.1, -0.05) is 28.9 Å². The molecule has 0 radical (unpaired) electrons. The first-order chi connectivity index (χ1) is 7.15. The van der Waals surface area contributed by atoms with Crippen LogP contribution in [0.3, 0.4) is 0 Å². The van der Waals surface area contributed by atoms with Crippen molar-refractivity contribution in [2.45, 2.75) is 19.9 Å². The fraction of sp³-hybridized carbons (Fsp3) is 0.500. The lowest BCUT2D eigenvalue weighted by molar-refractivity contribution is 0.321. The van der Waals surface area contributed by atoms with Crippen molar-refractivity contribution < 1.29 is 0 Å². The van der Waals surface area contributed by atoms with Gasteiger partial charge in [0, 0.05) is 23.2 Å². The Kier molecular flexibility index (Phi) is 3.32. The molecule has 0 saturated carbocycles. The van der Waals surface area contributed by atoms with Gasteiger partial charge < -0.3 is 5.73 Å². The molecule has 1 aromatic carbocycles. The Morgan fingerprint density at radius 2 is 2.33 bits per heavy atom. The van der Waals surface area contributed by atoms with Crippen molar-refractivity contribution in [2.24, 2.45) is 5.92 Å². The lowest BCUT2D eigenvalue weighted by atomic mass is 10.1. The number of hydrogen-bond acceptors (Lipinski definition) is 2. The molecule has 2 N–H and O–H groups in total. The molecule has 0 bridgehead atoms. The first-order valence-electron chi connectivity index (χ1n) is 5.41. The van der Waals surface area contributed by atoms with Gasteiger partial charge >= 0.3 is 0 Å². The average Bonchev–Trinajstić information content (AvgIpc) is 2.56. The van der Waals surface area contributed by atoms with Crippen LogP contribution in [0.1, 0.15) is 18.9 Å². The van der Waals surface area contributed by atoms with E-state index in [9.17, 15) is 0 Å². The van der Waals surface area contributed by atoms with Gasteiger partial charge in [-0.3, -0.25) is 4.90 Å². The molecule has 1 saturated heterocycles. The second-order valence-electron chi connectivity index (χ2n) is 4.47. The van der Waals surface area contributed by atoms with Crippen molar-refractivity contribution in [3.63, 3.8) is 0 Å². The molecular formula is C12H17BrN2. The van der Waals surface area contributed by atoms with Crippen LogP contribution in [-0.2, 0) is 6.54 Å². The molecule has 1 fully saturated rings. The maximum Gasteiger partial charge on any atom is 0.0371 e. The molecule has 1 atom stereocenters. The minimum Gasteiger partial charge on any atom is -0.398 e. The maximum absolute atomic E-state index is 5.98. The second-order valence-corrected chi connectivity index (χ2v) is 5.39. The van der Waals surface area contributed by atoms with Gasteiger partial charge in [0.2, 0.25) is 0 Å². The first-order valence-corrected chi connectivity index (χ1v) is 6.20. The summed E-state index contributed by atoms with van der Waals surface area (Å²) < 4.78 is 1.05. The van der Waals surface area contributed by atoms with Crippen molar-refractivity contribution in [3.8, 4) is 0 Å². The normalized spacial score (nSPS) is 22.1. The van der Waals surface area contributed by atoms with Crippen LogP contribution in [0, 0.1) is 5.92 Å². The van der Waals surface area contributed by atoms with Crippen molar-refractivity contribution >= 4 is 21.6 Å². The van der Waals surface area contributed by atoms with E-state index in [2.05, 4.69) is 39.9 Å². The van der Waals surface area contributed by atoms with E-state index in [0.29, 0.717) is 0 Å². The Morgan fingerprint density at radius 1 is 1.53 bits per heavy atom. The lowest BCUT2D eigenvalue weighted by Gasteiger charge is -2.16. The number of nitrogens with two attached hydrogens (primary N) is 1. The molecule has 1 aliphatic heterocycles. The van der Waals surface area contributed by atoms with E-state index >= 15 is 0 Å². The zero-order chi connectivity index (χ0) is 10.8. The summed E-state index contributed by atoms with van der Waals surface area (Å²) in [6, 6.07) is 6.16. The van der Waals surface area contributed by atoms with Crippen LogP contribution < -0.4 is 5.73 Å². The summed E-state index contributed by atoms with van der Waals surface area (Å²) in [5, 5.41) is 0. The summed E-state index contributed by atoms with van der Waals surface area (Å²) >= 11 is 3.42. The van der Waals surface area contributed by atoms with E-state index in [-0.39, 0.29) is 0 Å². The Labute approximate surface area is 99.6 Å². The summed E-state index contributed by atoms with van der Waals surface area (Å²) in [4.78, 5) is 2.48. The molecule has 15 heavy (non-hydrogen) atoms. The summed E-state index contributed by atoms with van der Waals surface area (Å²) in [7, 11) is 0. The molecule has 1 aliphatic rings. The van der Waals surface area contributed by atoms with Gasteiger partial charge in [-0.15, -0.1) is 0 Å². The zero-order valence-corrected chi connectivity index (χ0v) is 10.6. The van der Waals surface area contributed by atoms with E-state index in [0.717, 1.165) is 22.6 Å². The van der Waals surface area contributed by atoms with Crippen LogP contribution in [-0.4, -0.2) is 18.0 Å². The molecule has 0 aliphatic carbocycles. The number of nitrogen functional groups attached to an aromatic ring is 1. The summed E-state index contributed by atoms with van der Waals surface area (Å²) in [5.74, 6) is 0.835. The van der Waals surface area contributed by atoms with Crippen LogP contribution in [0.5, 0.6) is 0 Å². The summed E-state index contributed by atoms with van der Waals surface area (Å²) in [6.45, 7) is 5.71. The van der Waals surface area contributed by atoms with Gasteiger partial charge in [0.05, 0.1) is 0 Å². The number of likely N-dealkylation sites (tertiary alicyclic amines) is 1. The number of anilines is 1. The molecule has 1 aromatic rings. The highest BCUT2D eigenvalue weighted by atomic mass is 79.9. The number of halogens is 1. The summed E-state index contributed by atoms with van der Waals surface area (Å²) in [6.07, 6.45) is 1.32. The Bertz CT molecular complexity index is 351. The fourth-order valence-electron chi connectivity index (χ4n) is 2.12. The standard InChI is InChI=1S/C12H17BrN2/c1-9-4-5-15(7-9)8-10-2-3-11(13)6-12(10)14/h2-3,6,9H,4-5,7-8,14H2,1H3. The predicted molar refractivity (Wildman–Crippen MR) is 67.6 cm³/mol. The Balaban J connectivity index is 2.04. The molecule has 2 nitrogen and oxygen atoms in total. The molecule has 0 spiro atoms. The van der Waals surface area contributed by atoms with E-state index in [1.165, 1.54) is 25.1 Å². The van der Waals surface area contributed by atoms with Crippen LogP contribution >= 0.6 is 15.9 Å². The van der Waals surface area contributed by atoms with Gasteiger partial charge in [0.1, 0.15) is 0 Å². The Morgan fingerprint density at radius 3 is 2.93 bits per heavy atom. The largest absolute Gasteiger partial charge is 0.398 e. The third kappa shape index (κ3) is 2.73. The number of hydrogen-bond donors (Lipinski definition) is 1. The highest BCUT2D eigenvalue weighted by Gasteiger charge is 2.18. The number of rotatable bonds is 2. The van der Waals surface area contributed by atoms with Crippen molar-refractivity contribution in [3.05, 3.63) is 28.2 Å². The lowest BCUT2D eigenvalue weighted by Crippen LogP contribution is -2.20. The monoisotopic (exact) mass is 268 g/mol. The minimum absolute atomic E-state index is 0.835. The maximum atomic E-state index is 5.98. The van der Waals surface area contributed by atoms with Crippen LogP contribution in [0.4, 0.5) is 5.69 Å². The van der Waals surface area contributed by atoms with E-state index in [4.69, 9.17) is 5.73 Å². The van der Waals surface area contributed by atoms with Crippen molar-refractivity contribution in [1.29, 1.82) is 0 Å².